The SMILES string of the molecule is N#Cc1cccc(C(=O)Nc2nnc(C34CC5CC(CC(C5)C3)C4)s2)c1. The van der Waals surface area contributed by atoms with Crippen molar-refractivity contribution in [2.75, 3.05) is 5.32 Å². The number of nitrogens with one attached hydrogen (secondary N) is 1. The van der Waals surface area contributed by atoms with Crippen LogP contribution in [-0.2, 0) is 5.41 Å². The highest BCUT2D eigenvalue weighted by Crippen LogP contribution is 2.61. The maximum absolute atomic E-state index is 12.5. The van der Waals surface area contributed by atoms with Crippen LogP contribution < -0.4 is 5.32 Å². The molecule has 26 heavy (non-hydrogen) atoms. The maximum Gasteiger partial charge on any atom is 0.257 e. The van der Waals surface area contributed by atoms with Crippen LogP contribution in [0.5, 0.6) is 0 Å². The van der Waals surface area contributed by atoms with Crippen LogP contribution in [0.2, 0.25) is 0 Å². The molecule has 4 aliphatic rings. The predicted molar refractivity (Wildman–Crippen MR) is 98.9 cm³/mol. The van der Waals surface area contributed by atoms with Crippen molar-refractivity contribution < 1.29 is 4.79 Å². The number of rotatable bonds is 3. The predicted octanol–water partition coefficient (Wildman–Crippen LogP) is 4.13. The molecule has 0 saturated heterocycles. The molecule has 4 aliphatic carbocycles. The first kappa shape index (κ1) is 16.0. The van der Waals surface area contributed by atoms with Gasteiger partial charge in [-0.05, 0) is 74.5 Å². The number of anilines is 1. The van der Waals surface area contributed by atoms with E-state index in [1.165, 1.54) is 49.9 Å². The van der Waals surface area contributed by atoms with Crippen molar-refractivity contribution in [3.63, 3.8) is 0 Å². The molecule has 132 valence electrons. The number of nitriles is 1. The number of aromatic nitrogens is 2. The van der Waals surface area contributed by atoms with Gasteiger partial charge in [-0.3, -0.25) is 10.1 Å². The third kappa shape index (κ3) is 2.62. The van der Waals surface area contributed by atoms with Gasteiger partial charge in [-0.15, -0.1) is 10.2 Å². The topological polar surface area (TPSA) is 78.7 Å². The second-order valence-electron chi connectivity index (χ2n) is 8.26. The van der Waals surface area contributed by atoms with Gasteiger partial charge in [0.15, 0.2) is 0 Å². The van der Waals surface area contributed by atoms with E-state index in [0.29, 0.717) is 16.3 Å². The second-order valence-corrected chi connectivity index (χ2v) is 9.23. The zero-order chi connectivity index (χ0) is 17.7. The number of amides is 1. The van der Waals surface area contributed by atoms with Gasteiger partial charge in [0.2, 0.25) is 5.13 Å². The minimum Gasteiger partial charge on any atom is -0.296 e. The molecule has 0 atom stereocenters. The lowest BCUT2D eigenvalue weighted by Crippen LogP contribution is -2.48. The molecule has 5 nitrogen and oxygen atoms in total. The summed E-state index contributed by atoms with van der Waals surface area (Å²) in [5.74, 6) is 2.33. The van der Waals surface area contributed by atoms with Gasteiger partial charge in [0.25, 0.3) is 5.91 Å². The first-order valence-corrected chi connectivity index (χ1v) is 10.1. The highest BCUT2D eigenvalue weighted by Gasteiger charge is 2.53. The van der Waals surface area contributed by atoms with E-state index in [0.717, 1.165) is 22.8 Å². The van der Waals surface area contributed by atoms with E-state index in [4.69, 9.17) is 5.26 Å². The molecule has 1 aromatic carbocycles. The first-order valence-electron chi connectivity index (χ1n) is 9.29. The third-order valence-electron chi connectivity index (χ3n) is 6.39. The van der Waals surface area contributed by atoms with Gasteiger partial charge in [0, 0.05) is 11.0 Å². The molecule has 1 N–H and O–H groups in total. The molecule has 0 spiro atoms. The van der Waals surface area contributed by atoms with Gasteiger partial charge >= 0.3 is 0 Å². The average Bonchev–Trinajstić information content (AvgIpc) is 3.10. The molecule has 6 rings (SSSR count). The average molecular weight is 364 g/mol. The Bertz CT molecular complexity index is 877. The number of benzene rings is 1. The Balaban J connectivity index is 1.36. The van der Waals surface area contributed by atoms with E-state index in [1.54, 1.807) is 24.3 Å². The van der Waals surface area contributed by atoms with E-state index < -0.39 is 0 Å². The molecule has 4 fully saturated rings. The van der Waals surface area contributed by atoms with E-state index in [-0.39, 0.29) is 11.3 Å². The van der Waals surface area contributed by atoms with Gasteiger partial charge in [0.1, 0.15) is 5.01 Å². The van der Waals surface area contributed by atoms with Crippen LogP contribution >= 0.6 is 11.3 Å². The van der Waals surface area contributed by atoms with Crippen molar-refractivity contribution in [2.45, 2.75) is 43.9 Å². The normalized spacial score (nSPS) is 31.6. The summed E-state index contributed by atoms with van der Waals surface area (Å²) < 4.78 is 0. The lowest BCUT2D eigenvalue weighted by molar-refractivity contribution is -0.00555. The molecule has 0 unspecified atom stereocenters. The van der Waals surface area contributed by atoms with E-state index >= 15 is 0 Å². The third-order valence-corrected chi connectivity index (χ3v) is 7.48. The summed E-state index contributed by atoms with van der Waals surface area (Å²) in [6.45, 7) is 0. The second kappa shape index (κ2) is 5.88. The molecular weight excluding hydrogens is 344 g/mol. The zero-order valence-electron chi connectivity index (χ0n) is 14.4. The number of nitrogens with zero attached hydrogens (tertiary/aromatic N) is 3. The summed E-state index contributed by atoms with van der Waals surface area (Å²) in [5, 5.41) is 22.3. The van der Waals surface area contributed by atoms with E-state index in [2.05, 4.69) is 21.6 Å². The molecular formula is C20H20N4OS. The van der Waals surface area contributed by atoms with Crippen molar-refractivity contribution >= 4 is 22.4 Å². The summed E-state index contributed by atoms with van der Waals surface area (Å²) in [7, 11) is 0. The molecule has 2 aromatic rings. The Hall–Kier alpha value is -2.26. The Morgan fingerprint density at radius 3 is 2.50 bits per heavy atom. The van der Waals surface area contributed by atoms with Crippen molar-refractivity contribution in [2.24, 2.45) is 17.8 Å². The lowest BCUT2D eigenvalue weighted by atomic mass is 9.50. The van der Waals surface area contributed by atoms with Gasteiger partial charge in [-0.1, -0.05) is 17.4 Å². The number of carbonyl (C=O) groups excluding carboxylic acids is 1. The van der Waals surface area contributed by atoms with Crippen LogP contribution in [0.1, 0.15) is 59.5 Å². The summed E-state index contributed by atoms with van der Waals surface area (Å²) in [6.07, 6.45) is 7.92. The van der Waals surface area contributed by atoms with Crippen molar-refractivity contribution in [3.05, 3.63) is 40.4 Å². The van der Waals surface area contributed by atoms with Gasteiger partial charge < -0.3 is 0 Å². The number of hydrogen-bond donors (Lipinski definition) is 1. The fourth-order valence-electron chi connectivity index (χ4n) is 5.76. The largest absolute Gasteiger partial charge is 0.296 e. The quantitative estimate of drug-likeness (QED) is 0.888. The Labute approximate surface area is 156 Å². The zero-order valence-corrected chi connectivity index (χ0v) is 15.3. The first-order chi connectivity index (χ1) is 12.6. The number of carbonyl (C=O) groups is 1. The molecule has 0 radical (unpaired) electrons. The molecule has 0 aliphatic heterocycles. The van der Waals surface area contributed by atoms with Crippen LogP contribution in [-0.4, -0.2) is 16.1 Å². The van der Waals surface area contributed by atoms with E-state index in [1.807, 2.05) is 0 Å². The highest BCUT2D eigenvalue weighted by molar-refractivity contribution is 7.15. The fraction of sp³-hybridized carbons (Fsp3) is 0.500. The van der Waals surface area contributed by atoms with Gasteiger partial charge in [-0.25, -0.2) is 0 Å². The maximum atomic E-state index is 12.5. The summed E-state index contributed by atoms with van der Waals surface area (Å²) >= 11 is 1.54. The molecule has 6 heteroatoms. The van der Waals surface area contributed by atoms with Crippen molar-refractivity contribution in [1.82, 2.24) is 10.2 Å². The minimum atomic E-state index is -0.240. The monoisotopic (exact) mass is 364 g/mol. The molecule has 4 bridgehead atoms. The molecule has 1 aromatic heterocycles. The molecule has 4 saturated carbocycles. The molecule has 1 amide bonds. The standard InChI is InChI=1S/C20H20N4OS/c21-11-12-2-1-3-16(7-12)17(25)22-19-24-23-18(26-19)20-8-13-4-14(9-20)6-15(5-13)10-20/h1-3,7,13-15H,4-6,8-10H2,(H,22,24,25). The highest BCUT2D eigenvalue weighted by atomic mass is 32.1. The van der Waals surface area contributed by atoms with Crippen LogP contribution in [0.15, 0.2) is 24.3 Å². The Morgan fingerprint density at radius 2 is 1.85 bits per heavy atom. The summed E-state index contributed by atoms with van der Waals surface area (Å²) in [6, 6.07) is 8.76. The van der Waals surface area contributed by atoms with Crippen LogP contribution in [0.4, 0.5) is 5.13 Å². The summed E-state index contributed by atoms with van der Waals surface area (Å²) in [4.78, 5) is 12.5. The van der Waals surface area contributed by atoms with E-state index in [9.17, 15) is 4.79 Å². The van der Waals surface area contributed by atoms with Crippen LogP contribution in [0.25, 0.3) is 0 Å². The minimum absolute atomic E-state index is 0.204. The van der Waals surface area contributed by atoms with Crippen molar-refractivity contribution in [3.8, 4) is 6.07 Å². The fourth-order valence-corrected chi connectivity index (χ4v) is 6.72. The Kier molecular flexibility index (Phi) is 3.61. The Morgan fingerprint density at radius 1 is 1.15 bits per heavy atom. The van der Waals surface area contributed by atoms with Crippen molar-refractivity contribution in [1.29, 1.82) is 5.26 Å². The summed E-state index contributed by atoms with van der Waals surface area (Å²) in [5.41, 5.74) is 1.15. The van der Waals surface area contributed by atoms with Gasteiger partial charge in [0.05, 0.1) is 11.6 Å². The smallest absolute Gasteiger partial charge is 0.257 e. The number of hydrogen-bond acceptors (Lipinski definition) is 5. The van der Waals surface area contributed by atoms with Crippen LogP contribution in [0, 0.1) is 29.1 Å². The van der Waals surface area contributed by atoms with Crippen LogP contribution in [0.3, 0.4) is 0 Å². The van der Waals surface area contributed by atoms with Gasteiger partial charge in [-0.2, -0.15) is 5.26 Å². The lowest BCUT2D eigenvalue weighted by Gasteiger charge is -2.55. The molecule has 1 heterocycles.